The average Bonchev–Trinajstić information content (AvgIpc) is 3.19. The predicted molar refractivity (Wildman–Crippen MR) is 102 cm³/mol. The third-order valence-electron chi connectivity index (χ3n) is 4.30. The molecule has 0 aliphatic carbocycles. The lowest BCUT2D eigenvalue weighted by molar-refractivity contribution is 0.102. The molecule has 4 aromatic rings. The largest absolute Gasteiger partial charge is 0.331 e. The van der Waals surface area contributed by atoms with E-state index in [1.165, 1.54) is 0 Å². The van der Waals surface area contributed by atoms with Crippen LogP contribution in [0.4, 0.5) is 5.82 Å². The summed E-state index contributed by atoms with van der Waals surface area (Å²) in [6.45, 7) is 1.93. The lowest BCUT2D eigenvalue weighted by atomic mass is 10.2. The number of amides is 1. The molecule has 4 rings (SSSR count). The van der Waals surface area contributed by atoms with Gasteiger partial charge >= 0.3 is 0 Å². The molecule has 0 aliphatic heterocycles. The molecule has 6 nitrogen and oxygen atoms in total. The lowest BCUT2D eigenvalue weighted by Gasteiger charge is -2.09. The van der Waals surface area contributed by atoms with Crippen molar-refractivity contribution in [2.24, 2.45) is 7.05 Å². The molecule has 0 atom stereocenters. The summed E-state index contributed by atoms with van der Waals surface area (Å²) in [5, 5.41) is 7.76. The number of hydrogen-bond acceptors (Lipinski definition) is 3. The molecule has 130 valence electrons. The Bertz CT molecular complexity index is 1130. The number of carbonyl (C=O) groups excluding carboxylic acids is 1. The lowest BCUT2D eigenvalue weighted by Crippen LogP contribution is -2.15. The second-order valence-electron chi connectivity index (χ2n) is 5.98. The third kappa shape index (κ3) is 2.84. The van der Waals surface area contributed by atoms with Gasteiger partial charge in [0.15, 0.2) is 0 Å². The first-order valence-corrected chi connectivity index (χ1v) is 8.45. The van der Waals surface area contributed by atoms with Crippen LogP contribution in [-0.2, 0) is 7.05 Å². The van der Waals surface area contributed by atoms with Crippen LogP contribution in [0.3, 0.4) is 0 Å². The van der Waals surface area contributed by atoms with Gasteiger partial charge in [-0.25, -0.2) is 9.67 Å². The summed E-state index contributed by atoms with van der Waals surface area (Å²) in [7, 11) is 1.95. The van der Waals surface area contributed by atoms with Gasteiger partial charge in [0.05, 0.1) is 22.9 Å². The fraction of sp³-hybridized carbons (Fsp3) is 0.105. The van der Waals surface area contributed by atoms with Crippen molar-refractivity contribution in [3.63, 3.8) is 0 Å². The Labute approximate surface area is 155 Å². The molecule has 0 radical (unpaired) electrons. The zero-order chi connectivity index (χ0) is 18.3. The molecule has 1 amide bonds. The fourth-order valence-corrected chi connectivity index (χ4v) is 3.05. The number of rotatable bonds is 3. The summed E-state index contributed by atoms with van der Waals surface area (Å²) in [6.07, 6.45) is 1.63. The fourth-order valence-electron chi connectivity index (χ4n) is 2.86. The van der Waals surface area contributed by atoms with Gasteiger partial charge in [0, 0.05) is 23.7 Å². The number of halogens is 1. The van der Waals surface area contributed by atoms with Crippen molar-refractivity contribution in [3.8, 4) is 5.69 Å². The van der Waals surface area contributed by atoms with Gasteiger partial charge in [0.25, 0.3) is 5.91 Å². The van der Waals surface area contributed by atoms with E-state index in [1.54, 1.807) is 41.2 Å². The van der Waals surface area contributed by atoms with Crippen LogP contribution in [0.5, 0.6) is 0 Å². The highest BCUT2D eigenvalue weighted by Crippen LogP contribution is 2.20. The van der Waals surface area contributed by atoms with E-state index >= 15 is 0 Å². The predicted octanol–water partition coefficient (Wildman–Crippen LogP) is 3.97. The smallest absolute Gasteiger partial charge is 0.256 e. The van der Waals surface area contributed by atoms with Crippen LogP contribution in [-0.4, -0.2) is 25.2 Å². The van der Waals surface area contributed by atoms with Crippen molar-refractivity contribution in [2.45, 2.75) is 6.92 Å². The molecule has 7 heteroatoms. The Kier molecular flexibility index (Phi) is 3.97. The summed E-state index contributed by atoms with van der Waals surface area (Å²) in [6, 6.07) is 14.5. The molecule has 0 saturated heterocycles. The van der Waals surface area contributed by atoms with Crippen LogP contribution in [0, 0.1) is 6.92 Å². The number of hydrogen-bond donors (Lipinski definition) is 1. The summed E-state index contributed by atoms with van der Waals surface area (Å²) < 4.78 is 3.62. The van der Waals surface area contributed by atoms with E-state index in [0.717, 1.165) is 22.5 Å². The number of nitrogens with one attached hydrogen (secondary N) is 1. The van der Waals surface area contributed by atoms with Crippen LogP contribution < -0.4 is 5.32 Å². The van der Waals surface area contributed by atoms with E-state index in [-0.39, 0.29) is 5.91 Å². The van der Waals surface area contributed by atoms with Gasteiger partial charge in [-0.15, -0.1) is 0 Å². The number of anilines is 1. The number of nitrogens with zero attached hydrogens (tertiary/aromatic N) is 4. The molecule has 0 aliphatic rings. The molecular weight excluding hydrogens is 350 g/mol. The molecule has 2 heterocycles. The SMILES string of the molecule is Cc1nc2cc(C(=O)Nc3ccnn3-c3cccc(Cl)c3)ccc2n1C. The minimum absolute atomic E-state index is 0.223. The molecule has 0 fully saturated rings. The molecule has 0 unspecified atom stereocenters. The van der Waals surface area contributed by atoms with Gasteiger partial charge in [-0.05, 0) is 43.3 Å². The summed E-state index contributed by atoms with van der Waals surface area (Å²) in [5.41, 5.74) is 3.09. The van der Waals surface area contributed by atoms with E-state index in [0.29, 0.717) is 16.4 Å². The van der Waals surface area contributed by atoms with Crippen molar-refractivity contribution in [1.82, 2.24) is 19.3 Å². The van der Waals surface area contributed by atoms with Crippen molar-refractivity contribution in [2.75, 3.05) is 5.32 Å². The molecule has 0 saturated carbocycles. The number of benzene rings is 2. The van der Waals surface area contributed by atoms with Crippen molar-refractivity contribution < 1.29 is 4.79 Å². The minimum atomic E-state index is -0.223. The molecule has 1 N–H and O–H groups in total. The molecule has 0 bridgehead atoms. The highest BCUT2D eigenvalue weighted by atomic mass is 35.5. The van der Waals surface area contributed by atoms with E-state index in [1.807, 2.05) is 36.7 Å². The third-order valence-corrected chi connectivity index (χ3v) is 4.54. The standard InChI is InChI=1S/C19H16ClN5O/c1-12-22-16-10-13(6-7-17(16)24(12)2)19(26)23-18-8-9-21-25(18)15-5-3-4-14(20)11-15/h3-11H,1-2H3,(H,23,26). The highest BCUT2D eigenvalue weighted by Gasteiger charge is 2.13. The molecule has 2 aromatic heterocycles. The Balaban J connectivity index is 1.64. The Hall–Kier alpha value is -3.12. The maximum absolute atomic E-state index is 12.7. The van der Waals surface area contributed by atoms with Gasteiger partial charge in [-0.3, -0.25) is 4.79 Å². The van der Waals surface area contributed by atoms with Gasteiger partial charge in [0.1, 0.15) is 11.6 Å². The second-order valence-corrected chi connectivity index (χ2v) is 6.42. The number of aromatic nitrogens is 4. The van der Waals surface area contributed by atoms with Crippen LogP contribution in [0.25, 0.3) is 16.7 Å². The van der Waals surface area contributed by atoms with Crippen LogP contribution in [0.2, 0.25) is 5.02 Å². The van der Waals surface area contributed by atoms with Crippen LogP contribution in [0.15, 0.2) is 54.7 Å². The van der Waals surface area contributed by atoms with Gasteiger partial charge in [0.2, 0.25) is 0 Å². The quantitative estimate of drug-likeness (QED) is 0.597. The molecular formula is C19H16ClN5O. The van der Waals surface area contributed by atoms with Crippen molar-refractivity contribution in [3.05, 3.63) is 71.1 Å². The zero-order valence-electron chi connectivity index (χ0n) is 14.3. The summed E-state index contributed by atoms with van der Waals surface area (Å²) >= 11 is 6.05. The van der Waals surface area contributed by atoms with Crippen molar-refractivity contribution >= 4 is 34.4 Å². The average molecular weight is 366 g/mol. The minimum Gasteiger partial charge on any atom is -0.331 e. The zero-order valence-corrected chi connectivity index (χ0v) is 15.0. The Morgan fingerprint density at radius 1 is 1.15 bits per heavy atom. The summed E-state index contributed by atoms with van der Waals surface area (Å²) in [5.74, 6) is 1.24. The first-order chi connectivity index (χ1) is 12.5. The Morgan fingerprint density at radius 3 is 2.81 bits per heavy atom. The van der Waals surface area contributed by atoms with E-state index in [2.05, 4.69) is 15.4 Å². The topological polar surface area (TPSA) is 64.7 Å². The monoisotopic (exact) mass is 365 g/mol. The molecule has 2 aromatic carbocycles. The second kappa shape index (κ2) is 6.31. The van der Waals surface area contributed by atoms with Crippen LogP contribution >= 0.6 is 11.6 Å². The number of carbonyl (C=O) groups is 1. The molecule has 0 spiro atoms. The van der Waals surface area contributed by atoms with E-state index in [4.69, 9.17) is 11.6 Å². The first kappa shape index (κ1) is 16.4. The van der Waals surface area contributed by atoms with Crippen molar-refractivity contribution in [1.29, 1.82) is 0 Å². The van der Waals surface area contributed by atoms with Crippen LogP contribution in [0.1, 0.15) is 16.2 Å². The first-order valence-electron chi connectivity index (χ1n) is 8.07. The maximum atomic E-state index is 12.7. The Morgan fingerprint density at radius 2 is 2.00 bits per heavy atom. The van der Waals surface area contributed by atoms with E-state index < -0.39 is 0 Å². The summed E-state index contributed by atoms with van der Waals surface area (Å²) in [4.78, 5) is 17.2. The van der Waals surface area contributed by atoms with E-state index in [9.17, 15) is 4.79 Å². The van der Waals surface area contributed by atoms with Gasteiger partial charge in [-0.1, -0.05) is 17.7 Å². The normalized spacial score (nSPS) is 11.0. The highest BCUT2D eigenvalue weighted by molar-refractivity contribution is 6.30. The number of fused-ring (bicyclic) bond motifs is 1. The van der Waals surface area contributed by atoms with Gasteiger partial charge in [-0.2, -0.15) is 5.10 Å². The number of aryl methyl sites for hydroxylation is 2. The van der Waals surface area contributed by atoms with Gasteiger partial charge < -0.3 is 9.88 Å². The molecule has 26 heavy (non-hydrogen) atoms. The number of imidazole rings is 1. The maximum Gasteiger partial charge on any atom is 0.256 e.